The standard InChI is InChI=1S/C19H29NO2S.ClH/c1-2-12-20-13-10-16(11-14-20)17-6-5-9-19(15-17)23(21,22)18-7-3-4-8-18;/h5-6,9,15-16,18H,2-4,7-8,10-14H2,1H3;1H. The van der Waals surface area contributed by atoms with Crippen LogP contribution in [0.3, 0.4) is 0 Å². The lowest BCUT2D eigenvalue weighted by Crippen LogP contribution is -2.33. The lowest BCUT2D eigenvalue weighted by atomic mass is 9.89. The Morgan fingerprint density at radius 3 is 2.38 bits per heavy atom. The number of benzene rings is 1. The van der Waals surface area contributed by atoms with Crippen molar-refractivity contribution in [2.45, 2.75) is 67.9 Å². The molecule has 5 heteroatoms. The molecule has 136 valence electrons. The molecule has 3 nitrogen and oxygen atoms in total. The molecule has 2 fully saturated rings. The van der Waals surface area contributed by atoms with E-state index in [1.54, 1.807) is 6.07 Å². The van der Waals surface area contributed by atoms with Crippen molar-refractivity contribution >= 4 is 22.2 Å². The molecule has 0 bridgehead atoms. The van der Waals surface area contributed by atoms with Crippen molar-refractivity contribution in [2.24, 2.45) is 0 Å². The van der Waals surface area contributed by atoms with Gasteiger partial charge in [-0.3, -0.25) is 0 Å². The summed E-state index contributed by atoms with van der Waals surface area (Å²) in [5.41, 5.74) is 1.22. The Kier molecular flexibility index (Phi) is 7.14. The first-order valence-electron chi connectivity index (χ1n) is 9.17. The molecule has 0 unspecified atom stereocenters. The molecule has 1 saturated carbocycles. The summed E-state index contributed by atoms with van der Waals surface area (Å²) in [5, 5.41) is -0.149. The smallest absolute Gasteiger partial charge is 0.181 e. The van der Waals surface area contributed by atoms with Crippen LogP contribution < -0.4 is 0 Å². The number of halogens is 1. The average Bonchev–Trinajstić information content (AvgIpc) is 3.11. The molecule has 1 saturated heterocycles. The van der Waals surface area contributed by atoms with Gasteiger partial charge in [0.15, 0.2) is 9.84 Å². The Morgan fingerprint density at radius 2 is 1.75 bits per heavy atom. The van der Waals surface area contributed by atoms with E-state index in [0.717, 1.165) is 51.6 Å². The first-order valence-corrected chi connectivity index (χ1v) is 10.7. The number of nitrogens with zero attached hydrogens (tertiary/aromatic N) is 1. The normalized spacial score (nSPS) is 20.9. The highest BCUT2D eigenvalue weighted by Crippen LogP contribution is 2.33. The molecule has 1 heterocycles. The molecule has 0 spiro atoms. The van der Waals surface area contributed by atoms with Gasteiger partial charge < -0.3 is 4.90 Å². The molecule has 0 radical (unpaired) electrons. The fraction of sp³-hybridized carbons (Fsp3) is 0.684. The summed E-state index contributed by atoms with van der Waals surface area (Å²) >= 11 is 0. The minimum absolute atomic E-state index is 0. The van der Waals surface area contributed by atoms with Crippen molar-refractivity contribution < 1.29 is 8.42 Å². The van der Waals surface area contributed by atoms with E-state index >= 15 is 0 Å². The van der Waals surface area contributed by atoms with E-state index in [1.165, 1.54) is 18.5 Å². The molecule has 0 atom stereocenters. The molecule has 2 aliphatic rings. The number of rotatable bonds is 5. The molecule has 0 N–H and O–H groups in total. The van der Waals surface area contributed by atoms with Crippen molar-refractivity contribution in [2.75, 3.05) is 19.6 Å². The van der Waals surface area contributed by atoms with Crippen LogP contribution in [0.15, 0.2) is 29.2 Å². The summed E-state index contributed by atoms with van der Waals surface area (Å²) in [4.78, 5) is 3.08. The Bertz CT molecular complexity index is 618. The van der Waals surface area contributed by atoms with E-state index in [4.69, 9.17) is 0 Å². The van der Waals surface area contributed by atoms with E-state index in [0.29, 0.717) is 10.8 Å². The quantitative estimate of drug-likeness (QED) is 0.769. The number of piperidine rings is 1. The molecule has 0 aromatic heterocycles. The molecule has 24 heavy (non-hydrogen) atoms. The Morgan fingerprint density at radius 1 is 1.08 bits per heavy atom. The van der Waals surface area contributed by atoms with Crippen LogP contribution >= 0.6 is 12.4 Å². The van der Waals surface area contributed by atoms with Gasteiger partial charge in [-0.1, -0.05) is 31.9 Å². The molecular formula is C19H30ClNO2S. The van der Waals surface area contributed by atoms with Gasteiger partial charge in [0.1, 0.15) is 0 Å². The van der Waals surface area contributed by atoms with Gasteiger partial charge in [-0.15, -0.1) is 12.4 Å². The first kappa shape index (κ1) is 19.7. The van der Waals surface area contributed by atoms with Crippen LogP contribution in [0.2, 0.25) is 0 Å². The Labute approximate surface area is 153 Å². The minimum atomic E-state index is -3.13. The van der Waals surface area contributed by atoms with E-state index < -0.39 is 9.84 Å². The SMILES string of the molecule is CCCN1CCC(c2cccc(S(=O)(=O)C3CCCC3)c2)CC1.Cl. The third-order valence-electron chi connectivity index (χ3n) is 5.53. The average molecular weight is 372 g/mol. The largest absolute Gasteiger partial charge is 0.303 e. The summed E-state index contributed by atoms with van der Waals surface area (Å²) in [5.74, 6) is 0.516. The van der Waals surface area contributed by atoms with Gasteiger partial charge in [0.05, 0.1) is 10.1 Å². The molecule has 1 aliphatic heterocycles. The fourth-order valence-electron chi connectivity index (χ4n) is 4.14. The van der Waals surface area contributed by atoms with E-state index in [1.807, 2.05) is 12.1 Å². The molecule has 0 amide bonds. The minimum Gasteiger partial charge on any atom is -0.303 e. The number of sulfone groups is 1. The molecule has 1 aliphatic carbocycles. The number of hydrogen-bond donors (Lipinski definition) is 0. The topological polar surface area (TPSA) is 37.4 Å². The lowest BCUT2D eigenvalue weighted by Gasteiger charge is -2.32. The van der Waals surface area contributed by atoms with Crippen molar-refractivity contribution in [3.05, 3.63) is 29.8 Å². The van der Waals surface area contributed by atoms with E-state index in [-0.39, 0.29) is 17.7 Å². The van der Waals surface area contributed by atoms with Crippen LogP contribution in [-0.2, 0) is 9.84 Å². The fourth-order valence-corrected chi connectivity index (χ4v) is 6.05. The van der Waals surface area contributed by atoms with Gasteiger partial charge >= 0.3 is 0 Å². The second-order valence-corrected chi connectivity index (χ2v) is 9.37. The van der Waals surface area contributed by atoms with Gasteiger partial charge in [-0.2, -0.15) is 0 Å². The summed E-state index contributed by atoms with van der Waals surface area (Å²) in [6, 6.07) is 7.82. The third-order valence-corrected chi connectivity index (χ3v) is 7.79. The highest BCUT2D eigenvalue weighted by atomic mass is 35.5. The zero-order valence-corrected chi connectivity index (χ0v) is 16.2. The summed E-state index contributed by atoms with van der Waals surface area (Å²) in [6.45, 7) is 5.68. The maximum atomic E-state index is 12.8. The number of likely N-dealkylation sites (tertiary alicyclic amines) is 1. The molecule has 1 aromatic rings. The van der Waals surface area contributed by atoms with Crippen LogP contribution in [0.1, 0.15) is 63.4 Å². The summed E-state index contributed by atoms with van der Waals surface area (Å²) in [6.07, 6.45) is 7.28. The van der Waals surface area contributed by atoms with Crippen LogP contribution in [-0.4, -0.2) is 38.2 Å². The molecular weight excluding hydrogens is 342 g/mol. The van der Waals surface area contributed by atoms with E-state index in [2.05, 4.69) is 17.9 Å². The maximum Gasteiger partial charge on any atom is 0.181 e. The van der Waals surface area contributed by atoms with Crippen molar-refractivity contribution in [1.29, 1.82) is 0 Å². The lowest BCUT2D eigenvalue weighted by molar-refractivity contribution is 0.212. The van der Waals surface area contributed by atoms with Crippen molar-refractivity contribution in [1.82, 2.24) is 4.90 Å². The van der Waals surface area contributed by atoms with Crippen molar-refractivity contribution in [3.63, 3.8) is 0 Å². The van der Waals surface area contributed by atoms with Gasteiger partial charge in [-0.05, 0) is 75.4 Å². The molecule has 3 rings (SSSR count). The Hall–Kier alpha value is -0.580. The summed E-state index contributed by atoms with van der Waals surface area (Å²) in [7, 11) is -3.13. The first-order chi connectivity index (χ1) is 11.1. The predicted octanol–water partition coefficient (Wildman–Crippen LogP) is 4.41. The third kappa shape index (κ3) is 4.33. The van der Waals surface area contributed by atoms with Gasteiger partial charge in [0, 0.05) is 0 Å². The van der Waals surface area contributed by atoms with Crippen molar-refractivity contribution in [3.8, 4) is 0 Å². The highest BCUT2D eigenvalue weighted by molar-refractivity contribution is 7.92. The zero-order chi connectivity index (χ0) is 16.3. The van der Waals surface area contributed by atoms with Gasteiger partial charge in [0.2, 0.25) is 0 Å². The van der Waals surface area contributed by atoms with Crippen LogP contribution in [0.5, 0.6) is 0 Å². The molecule has 1 aromatic carbocycles. The number of hydrogen-bond acceptors (Lipinski definition) is 3. The summed E-state index contributed by atoms with van der Waals surface area (Å²) < 4.78 is 25.6. The van der Waals surface area contributed by atoms with Crippen LogP contribution in [0.4, 0.5) is 0 Å². The highest BCUT2D eigenvalue weighted by Gasteiger charge is 2.31. The maximum absolute atomic E-state index is 12.8. The van der Waals surface area contributed by atoms with Gasteiger partial charge in [0.25, 0.3) is 0 Å². The second-order valence-electron chi connectivity index (χ2n) is 7.14. The van der Waals surface area contributed by atoms with Crippen LogP contribution in [0, 0.1) is 0 Å². The van der Waals surface area contributed by atoms with Gasteiger partial charge in [-0.25, -0.2) is 8.42 Å². The second kappa shape index (κ2) is 8.68. The van der Waals surface area contributed by atoms with E-state index in [9.17, 15) is 8.42 Å². The zero-order valence-electron chi connectivity index (χ0n) is 14.6. The monoisotopic (exact) mass is 371 g/mol. The Balaban J connectivity index is 0.00000208. The van der Waals surface area contributed by atoms with Crippen LogP contribution in [0.25, 0.3) is 0 Å². The predicted molar refractivity (Wildman–Crippen MR) is 102 cm³/mol.